The standard InChI is InChI=1S/C54H82N16O19S2/c1-24(2)13-32(48(82)64-34(15-28-19-58-23-61-28)49(83)66-36(18-42(77)78)51(85)65-35(16-38(56)73)50(84)68-37(54(88)89)17-39(57)74)67-53(87)44(26(5)71)70-52(86)43(25(3)4)69-41(76)21-59-40(75)20-60-46(80)33(14-27-7-9-29(72)10-8-27)63-47(81)31(11-12-91-6)62-45(79)30(55)22-90/h7-10,19,23-26,30-37,43-44,71-72,90H,11-18,20-22,55H2,1-6H3,(H2,56,73)(H2,57,74)(H,58,61)(H,59,75)(H,60,80)(H,62,79)(H,63,81)(H,64,82)(H,65,85)(H,66,83)(H,67,87)(H,68,84)(H,69,76)(H,70,86)(H,77,78)(H,88,89)/t26-,30+,31+,32+,33+,34+,35+,36+,37+,43+,44+/m1/s1. The van der Waals surface area contributed by atoms with E-state index in [2.05, 4.69) is 70.4 Å². The van der Waals surface area contributed by atoms with Gasteiger partial charge in [0.05, 0.1) is 50.8 Å². The van der Waals surface area contributed by atoms with Crippen LogP contribution in [-0.4, -0.2) is 216 Å². The molecule has 0 aliphatic heterocycles. The molecule has 2 aromatic rings. The van der Waals surface area contributed by atoms with Gasteiger partial charge in [0.25, 0.3) is 0 Å². The predicted molar refractivity (Wildman–Crippen MR) is 326 cm³/mol. The number of carbonyl (C=O) groups is 15. The minimum absolute atomic E-state index is 0.0140. The van der Waals surface area contributed by atoms with Crippen LogP contribution >= 0.6 is 24.4 Å². The van der Waals surface area contributed by atoms with Crippen LogP contribution in [0.1, 0.15) is 78.0 Å². The Balaban J connectivity index is 2.27. The highest BCUT2D eigenvalue weighted by atomic mass is 32.2. The van der Waals surface area contributed by atoms with E-state index in [1.807, 2.05) is 10.6 Å². The van der Waals surface area contributed by atoms with Crippen molar-refractivity contribution in [3.05, 3.63) is 48.0 Å². The fourth-order valence-corrected chi connectivity index (χ4v) is 8.87. The summed E-state index contributed by atoms with van der Waals surface area (Å²) >= 11 is 5.42. The van der Waals surface area contributed by atoms with Crippen molar-refractivity contribution in [2.75, 3.05) is 30.9 Å². The Morgan fingerprint density at radius 1 is 0.571 bits per heavy atom. The molecule has 0 aliphatic rings. The third kappa shape index (κ3) is 28.9. The van der Waals surface area contributed by atoms with E-state index in [1.165, 1.54) is 62.4 Å². The third-order valence-corrected chi connectivity index (χ3v) is 14.0. The number of phenolic OH excluding ortho intramolecular Hbond substituents is 1. The Morgan fingerprint density at radius 3 is 1.56 bits per heavy atom. The van der Waals surface area contributed by atoms with Crippen LogP contribution in [0.3, 0.4) is 0 Å². The van der Waals surface area contributed by atoms with Crippen molar-refractivity contribution in [1.29, 1.82) is 0 Å². The lowest BCUT2D eigenvalue weighted by atomic mass is 10.00. The molecule has 13 amide bonds. The number of thioether (sulfide) groups is 1. The Kier molecular flexibility index (Phi) is 33.5. The fourth-order valence-electron chi connectivity index (χ4n) is 8.23. The second-order valence-electron chi connectivity index (χ2n) is 21.6. The number of carboxylic acid groups (broad SMARTS) is 2. The van der Waals surface area contributed by atoms with Gasteiger partial charge in [-0.15, -0.1) is 0 Å². The number of amides is 13. The number of carbonyl (C=O) groups excluding carboxylic acids is 13. The molecular formula is C54H82N16O19S2. The van der Waals surface area contributed by atoms with Crippen LogP contribution in [0.2, 0.25) is 0 Å². The molecule has 0 fully saturated rings. The summed E-state index contributed by atoms with van der Waals surface area (Å²) in [5.41, 5.74) is 16.8. The smallest absolute Gasteiger partial charge is 0.326 e. The lowest BCUT2D eigenvalue weighted by molar-refractivity contribution is -0.144. The number of nitrogens with two attached hydrogens (primary N) is 3. The van der Waals surface area contributed by atoms with Crippen LogP contribution < -0.4 is 75.7 Å². The molecule has 91 heavy (non-hydrogen) atoms. The number of aliphatic hydroxyl groups is 1. The van der Waals surface area contributed by atoms with Crippen molar-refractivity contribution in [1.82, 2.24) is 68.5 Å². The molecule has 1 heterocycles. The number of rotatable bonds is 41. The number of carboxylic acids is 2. The van der Waals surface area contributed by atoms with Crippen molar-refractivity contribution in [2.24, 2.45) is 29.0 Å². The van der Waals surface area contributed by atoms with Gasteiger partial charge in [-0.3, -0.25) is 67.1 Å². The van der Waals surface area contributed by atoms with Crippen LogP contribution in [-0.2, 0) is 84.8 Å². The largest absolute Gasteiger partial charge is 0.508 e. The minimum atomic E-state index is -2.08. The first-order valence-electron chi connectivity index (χ1n) is 28.2. The summed E-state index contributed by atoms with van der Waals surface area (Å²) in [7, 11) is 0. The van der Waals surface area contributed by atoms with E-state index >= 15 is 0 Å². The number of aromatic nitrogens is 2. The number of thiol groups is 1. The van der Waals surface area contributed by atoms with Crippen LogP contribution in [0.25, 0.3) is 0 Å². The second kappa shape index (κ2) is 39.1. The molecule has 2 rings (SSSR count). The summed E-state index contributed by atoms with van der Waals surface area (Å²) in [6, 6.07) is -10.3. The molecule has 35 nitrogen and oxygen atoms in total. The van der Waals surface area contributed by atoms with Crippen molar-refractivity contribution in [3.8, 4) is 5.75 Å². The number of aliphatic carboxylic acids is 2. The van der Waals surface area contributed by atoms with Crippen LogP contribution in [0, 0.1) is 11.8 Å². The molecule has 0 bridgehead atoms. The first-order valence-corrected chi connectivity index (χ1v) is 30.3. The van der Waals surface area contributed by atoms with E-state index in [1.54, 1.807) is 20.1 Å². The third-order valence-electron chi connectivity index (χ3n) is 13.0. The topological polar surface area (TPSA) is 576 Å². The summed E-state index contributed by atoms with van der Waals surface area (Å²) in [6.45, 7) is 6.00. The van der Waals surface area contributed by atoms with Gasteiger partial charge in [-0.05, 0) is 61.3 Å². The Labute approximate surface area is 531 Å². The SMILES string of the molecule is CSCC[C@H](NC(=O)[C@@H](N)CS)C(=O)N[C@@H](Cc1ccc(O)cc1)C(=O)NCC(=O)NCC(=O)N[C@H](C(=O)N[C@H](C(=O)N[C@@H](CC(C)C)C(=O)N[C@@H](Cc1cnc[nH]1)C(=O)N[C@@H](CC(=O)O)C(=O)N[C@@H](CC(N)=O)C(=O)N[C@@H](CC(N)=O)C(=O)O)[C@@H](C)O)C(C)C. The van der Waals surface area contributed by atoms with Crippen LogP contribution in [0.15, 0.2) is 36.8 Å². The van der Waals surface area contributed by atoms with Gasteiger partial charge in [0, 0.05) is 30.5 Å². The highest BCUT2D eigenvalue weighted by Crippen LogP contribution is 2.14. The Bertz CT molecular complexity index is 2880. The summed E-state index contributed by atoms with van der Waals surface area (Å²) < 4.78 is 0. The Hall–Kier alpha value is -9.10. The van der Waals surface area contributed by atoms with E-state index in [9.17, 15) is 92.3 Å². The molecule has 504 valence electrons. The van der Waals surface area contributed by atoms with Gasteiger partial charge in [-0.2, -0.15) is 24.4 Å². The molecule has 11 atom stereocenters. The highest BCUT2D eigenvalue weighted by molar-refractivity contribution is 7.98. The molecule has 0 aliphatic carbocycles. The fraction of sp³-hybridized carbons (Fsp3) is 0.556. The molecule has 0 saturated carbocycles. The van der Waals surface area contributed by atoms with E-state index in [0.717, 1.165) is 6.92 Å². The summed E-state index contributed by atoms with van der Waals surface area (Å²) in [5, 5.41) is 65.4. The van der Waals surface area contributed by atoms with Gasteiger partial charge >= 0.3 is 11.9 Å². The lowest BCUT2D eigenvalue weighted by Gasteiger charge is -2.29. The maximum atomic E-state index is 14.2. The van der Waals surface area contributed by atoms with Gasteiger partial charge in [-0.1, -0.05) is 39.8 Å². The number of aliphatic hydroxyl groups excluding tert-OH is 1. The van der Waals surface area contributed by atoms with Crippen LogP contribution in [0.4, 0.5) is 0 Å². The number of hydrogen-bond acceptors (Lipinski definition) is 21. The molecule has 1 aromatic heterocycles. The Morgan fingerprint density at radius 2 is 1.05 bits per heavy atom. The van der Waals surface area contributed by atoms with Crippen molar-refractivity contribution in [3.63, 3.8) is 0 Å². The quantitative estimate of drug-likeness (QED) is 0.0275. The molecule has 0 radical (unpaired) electrons. The van der Waals surface area contributed by atoms with E-state index in [4.69, 9.17) is 17.2 Å². The number of phenols is 1. The number of hydrogen-bond donors (Lipinski definition) is 20. The average molecular weight is 1320 g/mol. The van der Waals surface area contributed by atoms with Crippen molar-refractivity contribution < 1.29 is 92.3 Å². The normalized spacial score (nSPS) is 14.7. The maximum Gasteiger partial charge on any atom is 0.326 e. The molecule has 1 aromatic carbocycles. The lowest BCUT2D eigenvalue weighted by Crippen LogP contribution is -2.62. The van der Waals surface area contributed by atoms with Gasteiger partial charge in [0.15, 0.2) is 0 Å². The maximum absolute atomic E-state index is 14.2. The summed E-state index contributed by atoms with van der Waals surface area (Å²) in [5.74, 6) is -17.8. The van der Waals surface area contributed by atoms with E-state index in [-0.39, 0.29) is 42.4 Å². The number of benzene rings is 1. The molecule has 0 saturated heterocycles. The van der Waals surface area contributed by atoms with E-state index in [0.29, 0.717) is 11.3 Å². The van der Waals surface area contributed by atoms with Gasteiger partial charge in [-0.25, -0.2) is 9.78 Å². The summed E-state index contributed by atoms with van der Waals surface area (Å²) in [6.07, 6.45) is -1.07. The predicted octanol–water partition coefficient (Wildman–Crippen LogP) is -7.10. The van der Waals surface area contributed by atoms with Gasteiger partial charge in [0.1, 0.15) is 60.1 Å². The first-order chi connectivity index (χ1) is 42.6. The molecular weight excluding hydrogens is 1240 g/mol. The number of primary amides is 2. The first kappa shape index (κ1) is 78.0. The summed E-state index contributed by atoms with van der Waals surface area (Å²) in [4.78, 5) is 202. The number of H-pyrrole nitrogens is 1. The zero-order valence-corrected chi connectivity index (χ0v) is 52.4. The van der Waals surface area contributed by atoms with Crippen LogP contribution in [0.5, 0.6) is 5.75 Å². The zero-order valence-electron chi connectivity index (χ0n) is 50.7. The number of imidazole rings is 1. The number of nitrogens with one attached hydrogen (secondary N) is 12. The average Bonchev–Trinajstić information content (AvgIpc) is 1.98. The highest BCUT2D eigenvalue weighted by Gasteiger charge is 2.38. The number of aromatic amines is 1. The second-order valence-corrected chi connectivity index (χ2v) is 22.9. The van der Waals surface area contributed by atoms with Crippen molar-refractivity contribution in [2.45, 2.75) is 146 Å². The monoisotopic (exact) mass is 1320 g/mol. The minimum Gasteiger partial charge on any atom is -0.508 e. The van der Waals surface area contributed by atoms with Crippen molar-refractivity contribution >= 4 is 113 Å². The molecule has 0 spiro atoms. The zero-order chi connectivity index (χ0) is 68.8. The van der Waals surface area contributed by atoms with Gasteiger partial charge < -0.3 is 101 Å². The van der Waals surface area contributed by atoms with E-state index < -0.39 is 200 Å². The molecule has 37 heteroatoms. The number of nitrogens with zero attached hydrogens (tertiary/aromatic N) is 1. The molecule has 0 unspecified atom stereocenters. The van der Waals surface area contributed by atoms with Gasteiger partial charge in [0.2, 0.25) is 76.8 Å². The molecule has 22 N–H and O–H groups in total. The number of aromatic hydroxyl groups is 1.